The molecule has 2 unspecified atom stereocenters. The van der Waals surface area contributed by atoms with Crippen LogP contribution in [0.15, 0.2) is 22.7 Å². The average molecular weight is 313 g/mol. The van der Waals surface area contributed by atoms with Crippen molar-refractivity contribution in [3.63, 3.8) is 0 Å². The predicted molar refractivity (Wildman–Crippen MR) is 74.9 cm³/mol. The maximum Gasteiger partial charge on any atom is 0.241 e. The van der Waals surface area contributed by atoms with Crippen LogP contribution in [0, 0.1) is 5.92 Å². The SMILES string of the molecule is COc1cc(Br)cc(NC(=O)C2NCCC2C)c1. The third-order valence-corrected chi connectivity index (χ3v) is 3.65. The lowest BCUT2D eigenvalue weighted by Gasteiger charge is -2.16. The Kier molecular flexibility index (Phi) is 4.24. The van der Waals surface area contributed by atoms with E-state index < -0.39 is 0 Å². The van der Waals surface area contributed by atoms with Crippen LogP contribution in [0.25, 0.3) is 0 Å². The third-order valence-electron chi connectivity index (χ3n) is 3.19. The molecule has 1 fully saturated rings. The second-order valence-electron chi connectivity index (χ2n) is 4.57. The second kappa shape index (κ2) is 5.71. The van der Waals surface area contributed by atoms with Crippen LogP contribution in [-0.4, -0.2) is 25.6 Å². The Labute approximate surface area is 115 Å². The second-order valence-corrected chi connectivity index (χ2v) is 5.48. The Morgan fingerprint density at radius 2 is 2.28 bits per heavy atom. The minimum atomic E-state index is -0.102. The molecule has 5 heteroatoms. The van der Waals surface area contributed by atoms with Crippen molar-refractivity contribution in [3.8, 4) is 5.75 Å². The summed E-state index contributed by atoms with van der Waals surface area (Å²) in [5.41, 5.74) is 0.743. The summed E-state index contributed by atoms with van der Waals surface area (Å²) in [5.74, 6) is 1.10. The predicted octanol–water partition coefficient (Wildman–Crippen LogP) is 2.39. The van der Waals surface area contributed by atoms with E-state index in [0.29, 0.717) is 11.7 Å². The fraction of sp³-hybridized carbons (Fsp3) is 0.462. The van der Waals surface area contributed by atoms with Crippen molar-refractivity contribution >= 4 is 27.5 Å². The Morgan fingerprint density at radius 3 is 2.89 bits per heavy atom. The van der Waals surface area contributed by atoms with Crippen LogP contribution >= 0.6 is 15.9 Å². The summed E-state index contributed by atoms with van der Waals surface area (Å²) in [6.07, 6.45) is 1.04. The lowest BCUT2D eigenvalue weighted by Crippen LogP contribution is -2.39. The Bertz CT molecular complexity index is 451. The molecule has 2 rings (SSSR count). The van der Waals surface area contributed by atoms with Gasteiger partial charge in [-0.25, -0.2) is 0 Å². The van der Waals surface area contributed by atoms with Gasteiger partial charge in [-0.2, -0.15) is 0 Å². The number of rotatable bonds is 3. The molecule has 4 nitrogen and oxygen atoms in total. The van der Waals surface area contributed by atoms with Gasteiger partial charge in [-0.1, -0.05) is 22.9 Å². The molecule has 2 atom stereocenters. The van der Waals surface area contributed by atoms with Crippen molar-refractivity contribution in [3.05, 3.63) is 22.7 Å². The number of carbonyl (C=O) groups is 1. The maximum absolute atomic E-state index is 12.1. The van der Waals surface area contributed by atoms with E-state index in [4.69, 9.17) is 4.74 Å². The molecular formula is C13H17BrN2O2. The smallest absolute Gasteiger partial charge is 0.241 e. The molecule has 0 aliphatic carbocycles. The number of carbonyl (C=O) groups excluding carboxylic acids is 1. The summed E-state index contributed by atoms with van der Waals surface area (Å²) >= 11 is 3.39. The van der Waals surface area contributed by atoms with Gasteiger partial charge in [0.25, 0.3) is 0 Å². The lowest BCUT2D eigenvalue weighted by molar-refractivity contribution is -0.118. The molecule has 1 aliphatic rings. The first kappa shape index (κ1) is 13.4. The highest BCUT2D eigenvalue weighted by molar-refractivity contribution is 9.10. The van der Waals surface area contributed by atoms with Crippen LogP contribution in [0.4, 0.5) is 5.69 Å². The van der Waals surface area contributed by atoms with Gasteiger partial charge in [-0.3, -0.25) is 4.79 Å². The molecule has 0 aromatic heterocycles. The van der Waals surface area contributed by atoms with E-state index in [9.17, 15) is 4.79 Å². The van der Waals surface area contributed by atoms with Crippen LogP contribution in [0.1, 0.15) is 13.3 Å². The third kappa shape index (κ3) is 3.03. The summed E-state index contributed by atoms with van der Waals surface area (Å²) < 4.78 is 6.05. The van der Waals surface area contributed by atoms with Crippen LogP contribution in [0.5, 0.6) is 5.75 Å². The molecule has 1 saturated heterocycles. The van der Waals surface area contributed by atoms with Gasteiger partial charge in [0.05, 0.1) is 13.2 Å². The largest absolute Gasteiger partial charge is 0.497 e. The number of ether oxygens (including phenoxy) is 1. The minimum absolute atomic E-state index is 0.0140. The topological polar surface area (TPSA) is 50.4 Å². The summed E-state index contributed by atoms with van der Waals surface area (Å²) in [4.78, 5) is 12.1. The number of hydrogen-bond donors (Lipinski definition) is 2. The van der Waals surface area contributed by atoms with E-state index in [1.165, 1.54) is 0 Å². The summed E-state index contributed by atoms with van der Waals surface area (Å²) in [6, 6.07) is 5.42. The number of benzene rings is 1. The van der Waals surface area contributed by atoms with Crippen LogP contribution < -0.4 is 15.4 Å². The Balaban J connectivity index is 2.09. The van der Waals surface area contributed by atoms with Crippen LogP contribution in [-0.2, 0) is 4.79 Å². The number of nitrogens with one attached hydrogen (secondary N) is 2. The van der Waals surface area contributed by atoms with Crippen molar-refractivity contribution in [2.45, 2.75) is 19.4 Å². The number of anilines is 1. The summed E-state index contributed by atoms with van der Waals surface area (Å²) in [5, 5.41) is 6.13. The van der Waals surface area contributed by atoms with E-state index in [1.807, 2.05) is 18.2 Å². The highest BCUT2D eigenvalue weighted by Crippen LogP contribution is 2.25. The lowest BCUT2D eigenvalue weighted by atomic mass is 10.0. The van der Waals surface area contributed by atoms with E-state index in [1.54, 1.807) is 7.11 Å². The molecule has 0 bridgehead atoms. The standard InChI is InChI=1S/C13H17BrN2O2/c1-8-3-4-15-12(8)13(17)16-10-5-9(14)6-11(7-10)18-2/h5-8,12,15H,3-4H2,1-2H3,(H,16,17). The van der Waals surface area contributed by atoms with E-state index in [-0.39, 0.29) is 11.9 Å². The molecule has 98 valence electrons. The van der Waals surface area contributed by atoms with Gasteiger partial charge >= 0.3 is 0 Å². The molecule has 1 heterocycles. The maximum atomic E-state index is 12.1. The Morgan fingerprint density at radius 1 is 1.50 bits per heavy atom. The van der Waals surface area contributed by atoms with Gasteiger partial charge < -0.3 is 15.4 Å². The van der Waals surface area contributed by atoms with Crippen LogP contribution in [0.3, 0.4) is 0 Å². The van der Waals surface area contributed by atoms with Gasteiger partial charge in [0.2, 0.25) is 5.91 Å². The van der Waals surface area contributed by atoms with Gasteiger partial charge in [-0.15, -0.1) is 0 Å². The minimum Gasteiger partial charge on any atom is -0.497 e. The first-order valence-electron chi connectivity index (χ1n) is 5.99. The average Bonchev–Trinajstić information content (AvgIpc) is 2.74. The van der Waals surface area contributed by atoms with E-state index in [2.05, 4.69) is 33.5 Å². The number of methoxy groups -OCH3 is 1. The molecule has 1 aromatic carbocycles. The van der Waals surface area contributed by atoms with Gasteiger partial charge in [0.15, 0.2) is 0 Å². The van der Waals surface area contributed by atoms with Crippen molar-refractivity contribution in [2.24, 2.45) is 5.92 Å². The highest BCUT2D eigenvalue weighted by Gasteiger charge is 2.29. The molecule has 1 amide bonds. The molecule has 0 spiro atoms. The molecule has 18 heavy (non-hydrogen) atoms. The quantitative estimate of drug-likeness (QED) is 0.901. The molecule has 2 N–H and O–H groups in total. The fourth-order valence-corrected chi connectivity index (χ4v) is 2.63. The van der Waals surface area contributed by atoms with E-state index >= 15 is 0 Å². The Hall–Kier alpha value is -1.07. The molecule has 0 radical (unpaired) electrons. The van der Waals surface area contributed by atoms with Gasteiger partial charge in [-0.05, 0) is 31.0 Å². The van der Waals surface area contributed by atoms with Crippen molar-refractivity contribution < 1.29 is 9.53 Å². The first-order valence-corrected chi connectivity index (χ1v) is 6.78. The molecule has 1 aliphatic heterocycles. The fourth-order valence-electron chi connectivity index (χ4n) is 2.16. The van der Waals surface area contributed by atoms with Gasteiger partial charge in [0.1, 0.15) is 5.75 Å². The van der Waals surface area contributed by atoms with E-state index in [0.717, 1.165) is 23.1 Å². The number of halogens is 1. The number of amides is 1. The van der Waals surface area contributed by atoms with Crippen molar-refractivity contribution in [1.82, 2.24) is 5.32 Å². The summed E-state index contributed by atoms with van der Waals surface area (Å²) in [7, 11) is 1.61. The van der Waals surface area contributed by atoms with Gasteiger partial charge in [0, 0.05) is 16.2 Å². The normalized spacial score (nSPS) is 22.8. The molecule has 0 saturated carbocycles. The molecular weight excluding hydrogens is 296 g/mol. The van der Waals surface area contributed by atoms with Crippen molar-refractivity contribution in [2.75, 3.05) is 19.0 Å². The zero-order valence-electron chi connectivity index (χ0n) is 10.5. The summed E-state index contributed by atoms with van der Waals surface area (Å²) in [6.45, 7) is 2.99. The highest BCUT2D eigenvalue weighted by atomic mass is 79.9. The molecule has 1 aromatic rings. The zero-order chi connectivity index (χ0) is 13.1. The zero-order valence-corrected chi connectivity index (χ0v) is 12.1. The monoisotopic (exact) mass is 312 g/mol. The number of hydrogen-bond acceptors (Lipinski definition) is 3. The first-order chi connectivity index (χ1) is 8.60. The van der Waals surface area contributed by atoms with Crippen LogP contribution in [0.2, 0.25) is 0 Å². The van der Waals surface area contributed by atoms with Crippen molar-refractivity contribution in [1.29, 1.82) is 0 Å².